The molecule has 1 heterocycles. The Morgan fingerprint density at radius 2 is 1.57 bits per heavy atom. The normalized spacial score (nSPS) is 10.8. The second kappa shape index (κ2) is 11.1. The zero-order valence-electron chi connectivity index (χ0n) is 14.9. The lowest BCUT2D eigenvalue weighted by molar-refractivity contribution is 0.530. The van der Waals surface area contributed by atoms with Gasteiger partial charge >= 0.3 is 0 Å². The van der Waals surface area contributed by atoms with Crippen molar-refractivity contribution in [1.82, 2.24) is 9.55 Å². The van der Waals surface area contributed by atoms with Gasteiger partial charge in [-0.2, -0.15) is 0 Å². The lowest BCUT2D eigenvalue weighted by Gasteiger charge is -2.08. The monoisotopic (exact) mass is 288 g/mol. The third kappa shape index (κ3) is 5.74. The molecule has 2 rings (SSSR count). The summed E-state index contributed by atoms with van der Waals surface area (Å²) >= 11 is 0. The molecule has 0 saturated carbocycles. The smallest absolute Gasteiger partial charge is 0.0956 e. The highest BCUT2D eigenvalue weighted by molar-refractivity contribution is 5.58. The summed E-state index contributed by atoms with van der Waals surface area (Å²) in [7, 11) is 0. The summed E-state index contributed by atoms with van der Waals surface area (Å²) in [5.74, 6) is 0. The van der Waals surface area contributed by atoms with Crippen molar-refractivity contribution in [3.63, 3.8) is 0 Å². The van der Waals surface area contributed by atoms with Crippen LogP contribution >= 0.6 is 0 Å². The van der Waals surface area contributed by atoms with Gasteiger partial charge in [0, 0.05) is 17.8 Å². The van der Waals surface area contributed by atoms with E-state index in [9.17, 15) is 0 Å². The maximum Gasteiger partial charge on any atom is 0.0956 e. The van der Waals surface area contributed by atoms with Crippen molar-refractivity contribution >= 4 is 0 Å². The van der Waals surface area contributed by atoms with Crippen LogP contribution in [0.15, 0.2) is 36.8 Å². The maximum atomic E-state index is 4.47. The molecule has 0 N–H and O–H groups in total. The number of nitrogens with zero attached hydrogens (tertiary/aromatic N) is 2. The fraction of sp³-hybridized carbons (Fsp3) is 0.526. The summed E-state index contributed by atoms with van der Waals surface area (Å²) in [5.41, 5.74) is 3.63. The van der Waals surface area contributed by atoms with Crippen LogP contribution in [0.3, 0.4) is 0 Å². The molecule has 1 atom stereocenters. The first-order valence-electron chi connectivity index (χ1n) is 8.37. The summed E-state index contributed by atoms with van der Waals surface area (Å²) < 4.78 is 2.18. The molecule has 0 radical (unpaired) electrons. The zero-order chi connectivity index (χ0) is 16.3. The van der Waals surface area contributed by atoms with E-state index in [4.69, 9.17) is 0 Å². The standard InChI is InChI=1S/C15H20N2.2C2H6/c1-4-12(3)17-10-15(16-11-17)14-8-6-13(5-2)7-9-14;2*1-2/h6-12H,4-5H2,1-3H3;2*1-2H3. The molecular formula is C19H32N2. The van der Waals surface area contributed by atoms with E-state index in [0.717, 1.165) is 18.5 Å². The number of aromatic nitrogens is 2. The average molecular weight is 288 g/mol. The van der Waals surface area contributed by atoms with Crippen LogP contribution in [0.25, 0.3) is 11.3 Å². The van der Waals surface area contributed by atoms with E-state index >= 15 is 0 Å². The van der Waals surface area contributed by atoms with Gasteiger partial charge < -0.3 is 4.57 Å². The molecular weight excluding hydrogens is 256 g/mol. The zero-order valence-corrected chi connectivity index (χ0v) is 14.9. The van der Waals surface area contributed by atoms with Gasteiger partial charge in [0.1, 0.15) is 0 Å². The number of benzene rings is 1. The van der Waals surface area contributed by atoms with Gasteiger partial charge in [0.15, 0.2) is 0 Å². The molecule has 0 aliphatic heterocycles. The molecule has 0 fully saturated rings. The Hall–Kier alpha value is -1.57. The second-order valence-electron chi connectivity index (χ2n) is 4.51. The molecule has 2 heteroatoms. The van der Waals surface area contributed by atoms with Gasteiger partial charge in [-0.1, -0.05) is 65.8 Å². The Kier molecular flexibility index (Phi) is 10.3. The highest BCUT2D eigenvalue weighted by atomic mass is 15.1. The van der Waals surface area contributed by atoms with Crippen molar-refractivity contribution in [2.45, 2.75) is 67.3 Å². The van der Waals surface area contributed by atoms with Gasteiger partial charge in [-0.15, -0.1) is 0 Å². The molecule has 2 aromatic rings. The fourth-order valence-electron chi connectivity index (χ4n) is 1.85. The molecule has 1 aromatic heterocycles. The van der Waals surface area contributed by atoms with E-state index in [1.54, 1.807) is 0 Å². The predicted molar refractivity (Wildman–Crippen MR) is 94.7 cm³/mol. The molecule has 1 unspecified atom stereocenters. The van der Waals surface area contributed by atoms with Crippen LogP contribution in [0.1, 0.15) is 66.5 Å². The third-order valence-electron chi connectivity index (χ3n) is 3.36. The Morgan fingerprint density at radius 3 is 2.05 bits per heavy atom. The van der Waals surface area contributed by atoms with E-state index in [0.29, 0.717) is 6.04 Å². The van der Waals surface area contributed by atoms with Crippen molar-refractivity contribution < 1.29 is 0 Å². The molecule has 0 amide bonds. The molecule has 1 aromatic carbocycles. The van der Waals surface area contributed by atoms with Crippen molar-refractivity contribution in [3.8, 4) is 11.3 Å². The predicted octanol–water partition coefficient (Wildman–Crippen LogP) is 6.14. The lowest BCUT2D eigenvalue weighted by Crippen LogP contribution is -1.99. The van der Waals surface area contributed by atoms with Gasteiger partial charge in [-0.05, 0) is 25.3 Å². The van der Waals surface area contributed by atoms with E-state index in [1.165, 1.54) is 11.1 Å². The SMILES string of the molecule is CC.CC.CCc1ccc(-c2cn(C(C)CC)cn2)cc1. The molecule has 21 heavy (non-hydrogen) atoms. The Balaban J connectivity index is 0.000000921. The van der Waals surface area contributed by atoms with Gasteiger partial charge in [-0.25, -0.2) is 4.98 Å². The lowest BCUT2D eigenvalue weighted by atomic mass is 10.1. The molecule has 2 nitrogen and oxygen atoms in total. The first-order valence-corrected chi connectivity index (χ1v) is 8.37. The van der Waals surface area contributed by atoms with Gasteiger partial charge in [0.2, 0.25) is 0 Å². The van der Waals surface area contributed by atoms with Crippen molar-refractivity contribution in [2.75, 3.05) is 0 Å². The van der Waals surface area contributed by atoms with Gasteiger partial charge in [0.25, 0.3) is 0 Å². The molecule has 0 aliphatic carbocycles. The fourth-order valence-corrected chi connectivity index (χ4v) is 1.85. The van der Waals surface area contributed by atoms with Crippen LogP contribution in [-0.4, -0.2) is 9.55 Å². The van der Waals surface area contributed by atoms with E-state index < -0.39 is 0 Å². The molecule has 0 spiro atoms. The number of imidazole rings is 1. The summed E-state index contributed by atoms with van der Waals surface area (Å²) in [6.45, 7) is 14.6. The third-order valence-corrected chi connectivity index (χ3v) is 3.36. The average Bonchev–Trinajstić information content (AvgIpc) is 3.08. The van der Waals surface area contributed by atoms with E-state index in [2.05, 4.69) is 60.8 Å². The number of rotatable bonds is 4. The Labute approximate surface area is 131 Å². The second-order valence-corrected chi connectivity index (χ2v) is 4.51. The van der Waals surface area contributed by atoms with Gasteiger partial charge in [0.05, 0.1) is 12.0 Å². The first-order chi connectivity index (χ1) is 10.2. The highest BCUT2D eigenvalue weighted by Crippen LogP contribution is 2.20. The van der Waals surface area contributed by atoms with E-state index in [1.807, 2.05) is 34.0 Å². The topological polar surface area (TPSA) is 17.8 Å². The Bertz CT molecular complexity index is 469. The van der Waals surface area contributed by atoms with Crippen LogP contribution < -0.4 is 0 Å². The van der Waals surface area contributed by atoms with Crippen molar-refractivity contribution in [2.24, 2.45) is 0 Å². The van der Waals surface area contributed by atoms with Crippen LogP contribution in [-0.2, 0) is 6.42 Å². The van der Waals surface area contributed by atoms with Crippen molar-refractivity contribution in [1.29, 1.82) is 0 Å². The van der Waals surface area contributed by atoms with Crippen LogP contribution in [0.4, 0.5) is 0 Å². The van der Waals surface area contributed by atoms with Crippen molar-refractivity contribution in [3.05, 3.63) is 42.4 Å². The first kappa shape index (κ1) is 19.4. The summed E-state index contributed by atoms with van der Waals surface area (Å²) in [5, 5.41) is 0. The largest absolute Gasteiger partial charge is 0.334 e. The van der Waals surface area contributed by atoms with Gasteiger partial charge in [-0.3, -0.25) is 0 Å². The van der Waals surface area contributed by atoms with Crippen LogP contribution in [0, 0.1) is 0 Å². The summed E-state index contributed by atoms with van der Waals surface area (Å²) in [6.07, 6.45) is 6.28. The summed E-state index contributed by atoms with van der Waals surface area (Å²) in [4.78, 5) is 4.47. The minimum Gasteiger partial charge on any atom is -0.334 e. The minimum atomic E-state index is 0.520. The molecule has 0 bridgehead atoms. The van der Waals surface area contributed by atoms with Crippen LogP contribution in [0.5, 0.6) is 0 Å². The number of hydrogen-bond donors (Lipinski definition) is 0. The number of aryl methyl sites for hydroxylation is 1. The highest BCUT2D eigenvalue weighted by Gasteiger charge is 2.05. The quantitative estimate of drug-likeness (QED) is 0.661. The van der Waals surface area contributed by atoms with Crippen LogP contribution in [0.2, 0.25) is 0 Å². The maximum absolute atomic E-state index is 4.47. The molecule has 0 saturated heterocycles. The molecule has 0 aliphatic rings. The number of hydrogen-bond acceptors (Lipinski definition) is 1. The van der Waals surface area contributed by atoms with E-state index in [-0.39, 0.29) is 0 Å². The summed E-state index contributed by atoms with van der Waals surface area (Å²) in [6, 6.07) is 9.19. The Morgan fingerprint density at radius 1 is 1.00 bits per heavy atom. The minimum absolute atomic E-state index is 0.520. The molecule has 118 valence electrons.